The van der Waals surface area contributed by atoms with Gasteiger partial charge in [-0.15, -0.1) is 10.2 Å². The zero-order valence-corrected chi connectivity index (χ0v) is 12.1. The van der Waals surface area contributed by atoms with Gasteiger partial charge in [-0.1, -0.05) is 11.8 Å². The topological polar surface area (TPSA) is 107 Å². The molecule has 2 aromatic rings. The molecule has 0 atom stereocenters. The van der Waals surface area contributed by atoms with Crippen molar-refractivity contribution >= 4 is 17.9 Å². The molecule has 0 aliphatic carbocycles. The first-order valence-electron chi connectivity index (χ1n) is 6.09. The second kappa shape index (κ2) is 6.76. The van der Waals surface area contributed by atoms with Crippen LogP contribution in [0.25, 0.3) is 5.69 Å². The van der Waals surface area contributed by atoms with Crippen molar-refractivity contribution in [2.24, 2.45) is 5.73 Å². The summed E-state index contributed by atoms with van der Waals surface area (Å²) in [6.45, 7) is 2.05. The Morgan fingerprint density at radius 2 is 2.14 bits per heavy atom. The Morgan fingerprint density at radius 1 is 1.43 bits per heavy atom. The molecule has 0 fully saturated rings. The molecule has 2 N–H and O–H groups in total. The Bertz CT molecular complexity index is 675. The van der Waals surface area contributed by atoms with E-state index in [-0.39, 0.29) is 6.61 Å². The summed E-state index contributed by atoms with van der Waals surface area (Å²) in [5.41, 5.74) is 6.36. The largest absolute Gasteiger partial charge is 0.449 e. The van der Waals surface area contributed by atoms with E-state index in [1.54, 1.807) is 12.1 Å². The zero-order chi connectivity index (χ0) is 15.2. The predicted molar refractivity (Wildman–Crippen MR) is 77.1 cm³/mol. The van der Waals surface area contributed by atoms with Crippen molar-refractivity contribution in [3.63, 3.8) is 0 Å². The van der Waals surface area contributed by atoms with E-state index in [0.717, 1.165) is 11.5 Å². The highest BCUT2D eigenvalue weighted by Gasteiger charge is 2.11. The predicted octanol–water partition coefficient (Wildman–Crippen LogP) is 1.63. The van der Waals surface area contributed by atoms with E-state index in [0.29, 0.717) is 16.5 Å². The number of carbonyl (C=O) groups excluding carboxylic acids is 1. The molecule has 1 aromatic carbocycles. The van der Waals surface area contributed by atoms with Gasteiger partial charge in [0.1, 0.15) is 12.4 Å². The number of benzene rings is 1. The number of aromatic nitrogens is 3. The third kappa shape index (κ3) is 3.73. The zero-order valence-electron chi connectivity index (χ0n) is 11.3. The Morgan fingerprint density at radius 3 is 2.76 bits per heavy atom. The summed E-state index contributed by atoms with van der Waals surface area (Å²) >= 11 is 1.41. The van der Waals surface area contributed by atoms with E-state index in [9.17, 15) is 4.79 Å². The van der Waals surface area contributed by atoms with Gasteiger partial charge in [0, 0.05) is 11.4 Å². The van der Waals surface area contributed by atoms with E-state index < -0.39 is 6.09 Å². The van der Waals surface area contributed by atoms with Gasteiger partial charge in [0.15, 0.2) is 5.16 Å². The lowest BCUT2D eigenvalue weighted by Gasteiger charge is -2.08. The van der Waals surface area contributed by atoms with Crippen LogP contribution in [0.15, 0.2) is 29.4 Å². The fourth-order valence-corrected chi connectivity index (χ4v) is 2.51. The number of nitriles is 1. The van der Waals surface area contributed by atoms with E-state index >= 15 is 0 Å². The first-order valence-corrected chi connectivity index (χ1v) is 7.08. The molecule has 7 nitrogen and oxygen atoms in total. The monoisotopic (exact) mass is 303 g/mol. The fourth-order valence-electron chi connectivity index (χ4n) is 1.69. The van der Waals surface area contributed by atoms with Crippen LogP contribution in [0.3, 0.4) is 0 Å². The SMILES string of the molecule is Cc1nnc(SCCOC(N)=O)n1-c1ccc(C#N)cc1. The lowest BCUT2D eigenvalue weighted by Crippen LogP contribution is -2.14. The van der Waals surface area contributed by atoms with Gasteiger partial charge in [0.05, 0.1) is 11.6 Å². The van der Waals surface area contributed by atoms with Crippen LogP contribution in [0.1, 0.15) is 11.4 Å². The maximum Gasteiger partial charge on any atom is 0.404 e. The Hall–Kier alpha value is -2.53. The van der Waals surface area contributed by atoms with Crippen LogP contribution in [-0.4, -0.2) is 33.2 Å². The molecule has 2 rings (SSSR count). The summed E-state index contributed by atoms with van der Waals surface area (Å²) in [6, 6.07) is 9.21. The first kappa shape index (κ1) is 14.9. The second-order valence-electron chi connectivity index (χ2n) is 4.04. The van der Waals surface area contributed by atoms with Crippen molar-refractivity contribution in [3.8, 4) is 11.8 Å². The molecular formula is C13H13N5O2S. The van der Waals surface area contributed by atoms with Gasteiger partial charge in [0.2, 0.25) is 0 Å². The third-order valence-corrected chi connectivity index (χ3v) is 3.50. The lowest BCUT2D eigenvalue weighted by molar-refractivity contribution is 0.164. The molecule has 0 spiro atoms. The standard InChI is InChI=1S/C13H13N5O2S/c1-9-16-17-13(21-7-6-20-12(15)19)18(9)11-4-2-10(8-14)3-5-11/h2-5H,6-7H2,1H3,(H2,15,19). The van der Waals surface area contributed by atoms with Gasteiger partial charge < -0.3 is 10.5 Å². The van der Waals surface area contributed by atoms with Crippen molar-refractivity contribution < 1.29 is 9.53 Å². The Balaban J connectivity index is 2.13. The molecule has 0 saturated heterocycles. The van der Waals surface area contributed by atoms with Gasteiger partial charge in [-0.25, -0.2) is 4.79 Å². The number of aryl methyl sites for hydroxylation is 1. The van der Waals surface area contributed by atoms with Crippen molar-refractivity contribution in [3.05, 3.63) is 35.7 Å². The average molecular weight is 303 g/mol. The van der Waals surface area contributed by atoms with Crippen LogP contribution < -0.4 is 5.73 Å². The van der Waals surface area contributed by atoms with Gasteiger partial charge >= 0.3 is 6.09 Å². The number of primary amides is 1. The Kier molecular flexibility index (Phi) is 4.79. The number of hydrogen-bond donors (Lipinski definition) is 1. The summed E-state index contributed by atoms with van der Waals surface area (Å²) in [4.78, 5) is 10.5. The summed E-state index contributed by atoms with van der Waals surface area (Å²) in [5, 5.41) is 17.6. The number of carbonyl (C=O) groups is 1. The fraction of sp³-hybridized carbons (Fsp3) is 0.231. The summed E-state index contributed by atoms with van der Waals surface area (Å²) < 4.78 is 6.54. The molecule has 0 unspecified atom stereocenters. The molecule has 0 bridgehead atoms. The molecule has 1 aromatic heterocycles. The average Bonchev–Trinajstić information content (AvgIpc) is 2.84. The van der Waals surface area contributed by atoms with Crippen LogP contribution in [0.5, 0.6) is 0 Å². The smallest absolute Gasteiger partial charge is 0.404 e. The summed E-state index contributed by atoms with van der Waals surface area (Å²) in [6.07, 6.45) is -0.791. The van der Waals surface area contributed by atoms with Crippen LogP contribution in [0, 0.1) is 18.3 Å². The number of amides is 1. The molecule has 1 heterocycles. The van der Waals surface area contributed by atoms with Crippen molar-refractivity contribution in [2.45, 2.75) is 12.1 Å². The normalized spacial score (nSPS) is 10.1. The highest BCUT2D eigenvalue weighted by Crippen LogP contribution is 2.21. The van der Waals surface area contributed by atoms with Crippen LogP contribution in [0.4, 0.5) is 4.79 Å². The molecular weight excluding hydrogens is 290 g/mol. The van der Waals surface area contributed by atoms with Gasteiger partial charge in [-0.3, -0.25) is 4.57 Å². The lowest BCUT2D eigenvalue weighted by atomic mass is 10.2. The molecule has 0 radical (unpaired) electrons. The minimum Gasteiger partial charge on any atom is -0.449 e. The van der Waals surface area contributed by atoms with Crippen molar-refractivity contribution in [1.29, 1.82) is 5.26 Å². The van der Waals surface area contributed by atoms with E-state index in [1.807, 2.05) is 23.6 Å². The minimum atomic E-state index is -0.791. The molecule has 21 heavy (non-hydrogen) atoms. The number of nitrogens with zero attached hydrogens (tertiary/aromatic N) is 4. The number of rotatable bonds is 5. The highest BCUT2D eigenvalue weighted by molar-refractivity contribution is 7.99. The molecule has 1 amide bonds. The van der Waals surface area contributed by atoms with Crippen LogP contribution in [-0.2, 0) is 4.74 Å². The van der Waals surface area contributed by atoms with Gasteiger partial charge in [-0.2, -0.15) is 5.26 Å². The summed E-state index contributed by atoms with van der Waals surface area (Å²) in [7, 11) is 0. The Labute approximate surface area is 125 Å². The number of hydrogen-bond acceptors (Lipinski definition) is 6. The molecule has 8 heteroatoms. The van der Waals surface area contributed by atoms with E-state index in [1.165, 1.54) is 11.8 Å². The summed E-state index contributed by atoms with van der Waals surface area (Å²) in [5.74, 6) is 1.26. The quantitative estimate of drug-likeness (QED) is 0.664. The van der Waals surface area contributed by atoms with E-state index in [4.69, 9.17) is 11.0 Å². The second-order valence-corrected chi connectivity index (χ2v) is 5.10. The third-order valence-electron chi connectivity index (χ3n) is 2.61. The molecule has 108 valence electrons. The van der Waals surface area contributed by atoms with Crippen molar-refractivity contribution in [1.82, 2.24) is 14.8 Å². The molecule has 0 aliphatic rings. The van der Waals surface area contributed by atoms with E-state index in [2.05, 4.69) is 21.0 Å². The maximum atomic E-state index is 10.5. The molecule has 0 aliphatic heterocycles. The first-order chi connectivity index (χ1) is 10.1. The minimum absolute atomic E-state index is 0.208. The van der Waals surface area contributed by atoms with Crippen LogP contribution in [0.2, 0.25) is 0 Å². The maximum absolute atomic E-state index is 10.5. The number of ether oxygens (including phenoxy) is 1. The number of nitrogens with two attached hydrogens (primary N) is 1. The van der Waals surface area contributed by atoms with Gasteiger partial charge in [0.25, 0.3) is 0 Å². The van der Waals surface area contributed by atoms with Crippen LogP contribution >= 0.6 is 11.8 Å². The van der Waals surface area contributed by atoms with Gasteiger partial charge in [-0.05, 0) is 31.2 Å². The highest BCUT2D eigenvalue weighted by atomic mass is 32.2. The number of thioether (sulfide) groups is 1. The van der Waals surface area contributed by atoms with Crippen molar-refractivity contribution in [2.75, 3.05) is 12.4 Å². The molecule has 0 saturated carbocycles.